The number of aliphatic carboxylic acids is 1. The van der Waals surface area contributed by atoms with Crippen molar-refractivity contribution in [2.75, 3.05) is 0 Å². The molecule has 0 spiro atoms. The van der Waals surface area contributed by atoms with Crippen LogP contribution in [-0.4, -0.2) is 63.2 Å². The molecule has 1 fully saturated rings. The van der Waals surface area contributed by atoms with E-state index < -0.39 is 42.8 Å². The largest absolute Gasteiger partial charge is 0.479 e. The number of carbonyl (C=O) groups is 2. The van der Waals surface area contributed by atoms with Crippen molar-refractivity contribution >= 4 is 12.1 Å². The summed E-state index contributed by atoms with van der Waals surface area (Å²) < 4.78 is 8.81. The van der Waals surface area contributed by atoms with Crippen molar-refractivity contribution in [1.82, 2.24) is 0 Å². The summed E-state index contributed by atoms with van der Waals surface area (Å²) in [5.41, 5.74) is 4.64. The number of primary amides is 1. The summed E-state index contributed by atoms with van der Waals surface area (Å²) >= 11 is 0. The molecule has 0 saturated carbocycles. The maximum absolute atomic E-state index is 10.6. The normalized spacial score (nSPS) is 39.1. The summed E-state index contributed by atoms with van der Waals surface area (Å²) in [5, 5.41) is 36.4. The van der Waals surface area contributed by atoms with Crippen LogP contribution in [-0.2, 0) is 14.3 Å². The smallest absolute Gasteiger partial charge is 0.406 e. The first-order valence-electron chi connectivity index (χ1n) is 4.23. The van der Waals surface area contributed by atoms with E-state index in [0.717, 1.165) is 0 Å². The molecule has 9 heteroatoms. The third-order valence-corrected chi connectivity index (χ3v) is 2.05. The molecule has 1 heterocycles. The minimum Gasteiger partial charge on any atom is -0.479 e. The van der Waals surface area contributed by atoms with E-state index in [-0.39, 0.29) is 0 Å². The van der Waals surface area contributed by atoms with Gasteiger partial charge in [-0.05, 0) is 0 Å². The number of ether oxygens (including phenoxy) is 2. The van der Waals surface area contributed by atoms with Crippen LogP contribution in [0.2, 0.25) is 0 Å². The van der Waals surface area contributed by atoms with E-state index in [0.29, 0.717) is 0 Å². The molecule has 1 rings (SSSR count). The van der Waals surface area contributed by atoms with Crippen LogP contribution in [0.4, 0.5) is 4.79 Å². The molecule has 1 amide bonds. The second-order valence-electron chi connectivity index (χ2n) is 3.17. The number of rotatable bonds is 2. The number of hydrogen-bond acceptors (Lipinski definition) is 7. The van der Waals surface area contributed by atoms with Gasteiger partial charge in [-0.2, -0.15) is 0 Å². The van der Waals surface area contributed by atoms with Gasteiger partial charge in [0.15, 0.2) is 6.10 Å². The van der Waals surface area contributed by atoms with Crippen LogP contribution in [0.25, 0.3) is 0 Å². The number of aliphatic hydroxyl groups is 3. The zero-order valence-corrected chi connectivity index (χ0v) is 7.89. The molecular weight excluding hydrogens is 226 g/mol. The fourth-order valence-corrected chi connectivity index (χ4v) is 1.26. The second-order valence-corrected chi connectivity index (χ2v) is 3.17. The number of carbonyl (C=O) groups excluding carboxylic acids is 1. The number of nitrogens with two attached hydrogens (primary N) is 1. The predicted molar refractivity (Wildman–Crippen MR) is 45.0 cm³/mol. The molecular formula is C7H11NO8. The van der Waals surface area contributed by atoms with Crippen LogP contribution < -0.4 is 5.73 Å². The topological polar surface area (TPSA) is 160 Å². The Hall–Kier alpha value is -1.42. The van der Waals surface area contributed by atoms with E-state index in [4.69, 9.17) is 5.11 Å². The predicted octanol–water partition coefficient (Wildman–Crippen LogP) is -3.03. The van der Waals surface area contributed by atoms with E-state index in [1.54, 1.807) is 0 Å². The lowest BCUT2D eigenvalue weighted by Gasteiger charge is -2.37. The van der Waals surface area contributed by atoms with Gasteiger partial charge in [0.1, 0.15) is 18.3 Å². The van der Waals surface area contributed by atoms with E-state index in [1.165, 1.54) is 0 Å². The van der Waals surface area contributed by atoms with Gasteiger partial charge in [0.2, 0.25) is 6.29 Å². The van der Waals surface area contributed by atoms with Crippen molar-refractivity contribution < 1.29 is 39.5 Å². The Morgan fingerprint density at radius 2 is 1.69 bits per heavy atom. The molecule has 0 aromatic rings. The van der Waals surface area contributed by atoms with Gasteiger partial charge in [-0.15, -0.1) is 0 Å². The van der Waals surface area contributed by atoms with Crippen LogP contribution in [0.3, 0.4) is 0 Å². The summed E-state index contributed by atoms with van der Waals surface area (Å²) in [5.74, 6) is -1.57. The summed E-state index contributed by atoms with van der Waals surface area (Å²) in [7, 11) is 0. The number of amides is 1. The molecule has 1 saturated heterocycles. The summed E-state index contributed by atoms with van der Waals surface area (Å²) in [4.78, 5) is 21.0. The van der Waals surface area contributed by atoms with Gasteiger partial charge in [0.05, 0.1) is 0 Å². The molecule has 92 valence electrons. The van der Waals surface area contributed by atoms with Crippen molar-refractivity contribution in [2.24, 2.45) is 5.73 Å². The van der Waals surface area contributed by atoms with Crippen LogP contribution in [0.1, 0.15) is 0 Å². The third kappa shape index (κ3) is 2.39. The van der Waals surface area contributed by atoms with Gasteiger partial charge in [-0.25, -0.2) is 9.59 Å². The minimum absolute atomic E-state index is 1.31. The van der Waals surface area contributed by atoms with Gasteiger partial charge in [0, 0.05) is 0 Å². The number of carboxylic acids is 1. The Morgan fingerprint density at radius 3 is 2.12 bits per heavy atom. The average Bonchev–Trinajstić information content (AvgIpc) is 2.18. The first-order chi connectivity index (χ1) is 7.34. The van der Waals surface area contributed by atoms with Gasteiger partial charge < -0.3 is 35.6 Å². The number of carboxylic acid groups (broad SMARTS) is 1. The molecule has 16 heavy (non-hydrogen) atoms. The quantitative estimate of drug-likeness (QED) is 0.339. The first-order valence-corrected chi connectivity index (χ1v) is 4.23. The molecule has 5 atom stereocenters. The Bertz CT molecular complexity index is 292. The van der Waals surface area contributed by atoms with Crippen LogP contribution in [0.5, 0.6) is 0 Å². The molecule has 1 aliphatic rings. The maximum Gasteiger partial charge on any atom is 0.406 e. The summed E-state index contributed by atoms with van der Waals surface area (Å²) in [6.07, 6.45) is -10.3. The summed E-state index contributed by atoms with van der Waals surface area (Å²) in [6.45, 7) is 0. The zero-order valence-electron chi connectivity index (χ0n) is 7.89. The molecule has 9 nitrogen and oxygen atoms in total. The summed E-state index contributed by atoms with van der Waals surface area (Å²) in [6, 6.07) is 0. The fraction of sp³-hybridized carbons (Fsp3) is 0.714. The van der Waals surface area contributed by atoms with Crippen LogP contribution in [0, 0.1) is 0 Å². The van der Waals surface area contributed by atoms with E-state index >= 15 is 0 Å². The minimum atomic E-state index is -1.83. The van der Waals surface area contributed by atoms with E-state index in [9.17, 15) is 24.9 Å². The molecule has 0 aliphatic carbocycles. The molecule has 1 aliphatic heterocycles. The Labute approximate surface area is 89.0 Å². The second kappa shape index (κ2) is 4.61. The van der Waals surface area contributed by atoms with Crippen molar-refractivity contribution in [3.05, 3.63) is 0 Å². The highest BCUT2D eigenvalue weighted by Crippen LogP contribution is 2.22. The van der Waals surface area contributed by atoms with Crippen molar-refractivity contribution in [1.29, 1.82) is 0 Å². The number of hydrogen-bond donors (Lipinski definition) is 5. The lowest BCUT2D eigenvalue weighted by Crippen LogP contribution is -2.60. The Morgan fingerprint density at radius 1 is 1.12 bits per heavy atom. The van der Waals surface area contributed by atoms with Crippen molar-refractivity contribution in [2.45, 2.75) is 30.7 Å². The lowest BCUT2D eigenvalue weighted by molar-refractivity contribution is -0.277. The van der Waals surface area contributed by atoms with Gasteiger partial charge >= 0.3 is 12.1 Å². The highest BCUT2D eigenvalue weighted by atomic mass is 16.7. The van der Waals surface area contributed by atoms with Gasteiger partial charge in [-0.3, -0.25) is 0 Å². The molecule has 0 aromatic heterocycles. The first kappa shape index (κ1) is 12.6. The van der Waals surface area contributed by atoms with E-state index in [2.05, 4.69) is 15.2 Å². The van der Waals surface area contributed by atoms with Gasteiger partial charge in [0.25, 0.3) is 0 Å². The zero-order chi connectivity index (χ0) is 12.5. The van der Waals surface area contributed by atoms with Crippen LogP contribution >= 0.6 is 0 Å². The van der Waals surface area contributed by atoms with Crippen molar-refractivity contribution in [3.63, 3.8) is 0 Å². The molecule has 0 bridgehead atoms. The molecule has 0 radical (unpaired) electrons. The monoisotopic (exact) mass is 237 g/mol. The van der Waals surface area contributed by atoms with Crippen molar-refractivity contribution in [3.8, 4) is 0 Å². The Kier molecular flexibility index (Phi) is 3.65. The third-order valence-electron chi connectivity index (χ3n) is 2.05. The fourth-order valence-electron chi connectivity index (χ4n) is 1.26. The Balaban J connectivity index is 2.80. The standard InChI is InChI=1S/C7H11NO8/c8-7(14)16-6-3(11)1(9)2(10)4(15-6)5(12)13/h1-4,6,9-11H,(H2,8,14)(H,12,13). The van der Waals surface area contributed by atoms with Crippen LogP contribution in [0.15, 0.2) is 0 Å². The highest BCUT2D eigenvalue weighted by molar-refractivity contribution is 5.73. The average molecular weight is 237 g/mol. The SMILES string of the molecule is NC(=O)OC1OC(C(=O)O)C(O)C(O)C1O. The highest BCUT2D eigenvalue weighted by Gasteiger charge is 2.48. The lowest BCUT2D eigenvalue weighted by atomic mass is 9.99. The maximum atomic E-state index is 10.6. The number of aliphatic hydroxyl groups excluding tert-OH is 3. The van der Waals surface area contributed by atoms with Gasteiger partial charge in [-0.1, -0.05) is 0 Å². The molecule has 5 unspecified atom stereocenters. The molecule has 6 N–H and O–H groups in total. The van der Waals surface area contributed by atoms with E-state index in [1.807, 2.05) is 0 Å². The molecule has 0 aromatic carbocycles.